The molecule has 1 aromatic heterocycles. The van der Waals surface area contributed by atoms with Crippen molar-refractivity contribution in [3.8, 4) is 0 Å². The standard InChI is InChI=1S/C12H18N4O2/c13-12(18)16-8-3-1-2-7-15-11(17)10-5-4-6-14-9-10/h4-6,9H,1-3,7-8H2,(H,15,17)(H3,13,16,18). The molecule has 0 aliphatic rings. The van der Waals surface area contributed by atoms with Crippen molar-refractivity contribution in [2.24, 2.45) is 5.73 Å². The topological polar surface area (TPSA) is 97.1 Å². The average molecular weight is 250 g/mol. The zero-order valence-corrected chi connectivity index (χ0v) is 10.2. The second-order valence-electron chi connectivity index (χ2n) is 3.85. The van der Waals surface area contributed by atoms with Gasteiger partial charge >= 0.3 is 6.03 Å². The van der Waals surface area contributed by atoms with Gasteiger partial charge in [0.15, 0.2) is 0 Å². The predicted octanol–water partition coefficient (Wildman–Crippen LogP) is 0.650. The first kappa shape index (κ1) is 14.0. The van der Waals surface area contributed by atoms with E-state index >= 15 is 0 Å². The van der Waals surface area contributed by atoms with Crippen LogP contribution in [0.1, 0.15) is 29.6 Å². The fraction of sp³-hybridized carbons (Fsp3) is 0.417. The number of unbranched alkanes of at least 4 members (excludes halogenated alkanes) is 2. The Hall–Kier alpha value is -2.11. The minimum Gasteiger partial charge on any atom is -0.352 e. The molecule has 0 fully saturated rings. The van der Waals surface area contributed by atoms with E-state index in [9.17, 15) is 9.59 Å². The Morgan fingerprint density at radius 2 is 1.89 bits per heavy atom. The lowest BCUT2D eigenvalue weighted by Gasteiger charge is -2.05. The molecular formula is C12H18N4O2. The Kier molecular flexibility index (Phi) is 6.24. The maximum atomic E-state index is 11.6. The summed E-state index contributed by atoms with van der Waals surface area (Å²) < 4.78 is 0. The molecule has 0 aliphatic carbocycles. The van der Waals surface area contributed by atoms with Crippen LogP contribution in [-0.2, 0) is 0 Å². The number of carbonyl (C=O) groups excluding carboxylic acids is 2. The molecule has 0 saturated carbocycles. The average Bonchev–Trinajstić information content (AvgIpc) is 2.38. The van der Waals surface area contributed by atoms with E-state index < -0.39 is 6.03 Å². The summed E-state index contributed by atoms with van der Waals surface area (Å²) in [7, 11) is 0. The van der Waals surface area contributed by atoms with Crippen LogP contribution in [0.25, 0.3) is 0 Å². The molecule has 0 saturated heterocycles. The van der Waals surface area contributed by atoms with Gasteiger partial charge in [-0.25, -0.2) is 4.79 Å². The minimum absolute atomic E-state index is 0.113. The van der Waals surface area contributed by atoms with E-state index in [1.807, 2.05) is 0 Å². The molecule has 18 heavy (non-hydrogen) atoms. The summed E-state index contributed by atoms with van der Waals surface area (Å²) in [6.07, 6.45) is 5.81. The molecule has 0 unspecified atom stereocenters. The first-order chi connectivity index (χ1) is 8.70. The van der Waals surface area contributed by atoms with Gasteiger partial charge in [0.1, 0.15) is 0 Å². The Balaban J connectivity index is 2.05. The fourth-order valence-electron chi connectivity index (χ4n) is 1.44. The first-order valence-corrected chi connectivity index (χ1v) is 5.91. The summed E-state index contributed by atoms with van der Waals surface area (Å²) in [4.78, 5) is 25.9. The molecule has 0 aliphatic heterocycles. The molecule has 6 nitrogen and oxygen atoms in total. The molecule has 4 N–H and O–H groups in total. The first-order valence-electron chi connectivity index (χ1n) is 5.91. The van der Waals surface area contributed by atoms with Gasteiger partial charge in [0, 0.05) is 25.5 Å². The highest BCUT2D eigenvalue weighted by Crippen LogP contribution is 1.96. The van der Waals surface area contributed by atoms with Gasteiger partial charge in [-0.2, -0.15) is 0 Å². The number of nitrogens with two attached hydrogens (primary N) is 1. The third-order valence-electron chi connectivity index (χ3n) is 2.36. The lowest BCUT2D eigenvalue weighted by Crippen LogP contribution is -2.30. The van der Waals surface area contributed by atoms with Crippen LogP contribution in [0.5, 0.6) is 0 Å². The SMILES string of the molecule is NC(=O)NCCCCCNC(=O)c1cccnc1. The van der Waals surface area contributed by atoms with Crippen LogP contribution in [0.4, 0.5) is 4.79 Å². The highest BCUT2D eigenvalue weighted by atomic mass is 16.2. The van der Waals surface area contributed by atoms with E-state index in [2.05, 4.69) is 15.6 Å². The molecule has 6 heteroatoms. The third kappa shape index (κ3) is 5.83. The van der Waals surface area contributed by atoms with Gasteiger partial charge in [-0.05, 0) is 31.4 Å². The number of rotatable bonds is 7. The van der Waals surface area contributed by atoms with Crippen LogP contribution >= 0.6 is 0 Å². The molecular weight excluding hydrogens is 232 g/mol. The second-order valence-corrected chi connectivity index (χ2v) is 3.85. The van der Waals surface area contributed by atoms with E-state index in [0.29, 0.717) is 18.7 Å². The number of amides is 3. The molecule has 0 atom stereocenters. The fourth-order valence-corrected chi connectivity index (χ4v) is 1.44. The van der Waals surface area contributed by atoms with Crippen LogP contribution < -0.4 is 16.4 Å². The zero-order valence-electron chi connectivity index (χ0n) is 10.2. The maximum Gasteiger partial charge on any atom is 0.312 e. The van der Waals surface area contributed by atoms with Crippen LogP contribution in [0.2, 0.25) is 0 Å². The van der Waals surface area contributed by atoms with Crippen molar-refractivity contribution in [1.29, 1.82) is 0 Å². The van der Waals surface area contributed by atoms with Crippen molar-refractivity contribution < 1.29 is 9.59 Å². The number of carbonyl (C=O) groups is 2. The van der Waals surface area contributed by atoms with Gasteiger partial charge in [0.2, 0.25) is 0 Å². The van der Waals surface area contributed by atoms with Crippen LogP contribution in [0, 0.1) is 0 Å². The van der Waals surface area contributed by atoms with E-state index in [1.165, 1.54) is 6.20 Å². The number of nitrogens with one attached hydrogen (secondary N) is 2. The molecule has 0 aromatic carbocycles. The van der Waals surface area contributed by atoms with E-state index in [1.54, 1.807) is 18.3 Å². The Morgan fingerprint density at radius 3 is 2.50 bits per heavy atom. The lowest BCUT2D eigenvalue weighted by molar-refractivity contribution is 0.0952. The monoisotopic (exact) mass is 250 g/mol. The van der Waals surface area contributed by atoms with Crippen LogP contribution in [-0.4, -0.2) is 30.0 Å². The van der Waals surface area contributed by atoms with Gasteiger partial charge in [0.25, 0.3) is 5.91 Å². The minimum atomic E-state index is -0.500. The summed E-state index contributed by atoms with van der Waals surface area (Å²) in [5.41, 5.74) is 5.49. The van der Waals surface area contributed by atoms with Gasteiger partial charge in [0.05, 0.1) is 5.56 Å². The normalized spacial score (nSPS) is 9.78. The van der Waals surface area contributed by atoms with Crippen molar-refractivity contribution in [2.45, 2.75) is 19.3 Å². The summed E-state index contributed by atoms with van der Waals surface area (Å²) >= 11 is 0. The number of nitrogens with zero attached hydrogens (tertiary/aromatic N) is 1. The molecule has 1 rings (SSSR count). The van der Waals surface area contributed by atoms with E-state index in [0.717, 1.165) is 19.3 Å². The number of pyridine rings is 1. The van der Waals surface area contributed by atoms with Crippen molar-refractivity contribution >= 4 is 11.9 Å². The van der Waals surface area contributed by atoms with Crippen LogP contribution in [0.3, 0.4) is 0 Å². The molecule has 0 spiro atoms. The summed E-state index contributed by atoms with van der Waals surface area (Å²) in [5.74, 6) is -0.113. The molecule has 3 amide bonds. The van der Waals surface area contributed by atoms with E-state index in [4.69, 9.17) is 5.73 Å². The van der Waals surface area contributed by atoms with Gasteiger partial charge in [-0.1, -0.05) is 0 Å². The maximum absolute atomic E-state index is 11.6. The Bertz CT molecular complexity index is 381. The zero-order chi connectivity index (χ0) is 13.2. The van der Waals surface area contributed by atoms with Crippen molar-refractivity contribution in [3.63, 3.8) is 0 Å². The third-order valence-corrected chi connectivity index (χ3v) is 2.36. The Labute approximate surface area is 106 Å². The highest BCUT2D eigenvalue weighted by Gasteiger charge is 2.03. The number of hydrogen-bond acceptors (Lipinski definition) is 3. The van der Waals surface area contributed by atoms with Gasteiger partial charge in [-0.3, -0.25) is 9.78 Å². The predicted molar refractivity (Wildman–Crippen MR) is 68.0 cm³/mol. The summed E-state index contributed by atoms with van der Waals surface area (Å²) in [5, 5.41) is 5.32. The largest absolute Gasteiger partial charge is 0.352 e. The second kappa shape index (κ2) is 8.05. The molecule has 0 radical (unpaired) electrons. The summed E-state index contributed by atoms with van der Waals surface area (Å²) in [6, 6.07) is 2.95. The number of aromatic nitrogens is 1. The number of hydrogen-bond donors (Lipinski definition) is 3. The van der Waals surface area contributed by atoms with Crippen LogP contribution in [0.15, 0.2) is 24.5 Å². The molecule has 0 bridgehead atoms. The molecule has 98 valence electrons. The Morgan fingerprint density at radius 1 is 1.17 bits per heavy atom. The smallest absolute Gasteiger partial charge is 0.312 e. The van der Waals surface area contributed by atoms with Gasteiger partial charge in [-0.15, -0.1) is 0 Å². The van der Waals surface area contributed by atoms with Gasteiger partial charge < -0.3 is 16.4 Å². The number of primary amides is 1. The number of urea groups is 1. The van der Waals surface area contributed by atoms with E-state index in [-0.39, 0.29) is 5.91 Å². The lowest BCUT2D eigenvalue weighted by atomic mass is 10.2. The van der Waals surface area contributed by atoms with Crippen molar-refractivity contribution in [3.05, 3.63) is 30.1 Å². The quantitative estimate of drug-likeness (QED) is 0.620. The molecule has 1 heterocycles. The summed E-state index contributed by atoms with van der Waals surface area (Å²) in [6.45, 7) is 1.19. The molecule has 1 aromatic rings. The van der Waals surface area contributed by atoms with Crippen molar-refractivity contribution in [1.82, 2.24) is 15.6 Å². The van der Waals surface area contributed by atoms with Crippen molar-refractivity contribution in [2.75, 3.05) is 13.1 Å². The highest BCUT2D eigenvalue weighted by molar-refractivity contribution is 5.93.